The Balaban J connectivity index is 2.09. The van der Waals surface area contributed by atoms with E-state index in [1.165, 1.54) is 11.9 Å². The Labute approximate surface area is 220 Å². The Morgan fingerprint density at radius 2 is 1.49 bits per heavy atom. The molecule has 0 radical (unpaired) electrons. The predicted octanol–water partition coefficient (Wildman–Crippen LogP) is 4.28. The smallest absolute Gasteiger partial charge is 0.264 e. The fraction of sp³-hybridized carbons (Fsp3) is 0.310. The summed E-state index contributed by atoms with van der Waals surface area (Å²) in [6.45, 7) is 8.92. The fourth-order valence-corrected chi connectivity index (χ4v) is 5.59. The van der Waals surface area contributed by atoms with Crippen molar-refractivity contribution in [3.05, 3.63) is 94.5 Å². The first-order valence-corrected chi connectivity index (χ1v) is 13.6. The molecule has 0 spiro atoms. The Morgan fingerprint density at radius 3 is 2.11 bits per heavy atom. The van der Waals surface area contributed by atoms with Crippen molar-refractivity contribution >= 4 is 27.5 Å². The molecule has 1 atom stereocenters. The lowest BCUT2D eigenvalue weighted by Crippen LogP contribution is -2.51. The summed E-state index contributed by atoms with van der Waals surface area (Å²) in [6.07, 6.45) is 0. The van der Waals surface area contributed by atoms with Crippen LogP contribution in [0, 0.1) is 27.7 Å². The highest BCUT2D eigenvalue weighted by molar-refractivity contribution is 7.92. The Morgan fingerprint density at radius 1 is 0.865 bits per heavy atom. The Hall–Kier alpha value is -3.65. The molecular formula is C29H35N3O4S. The molecule has 0 aliphatic rings. The molecule has 0 fully saturated rings. The van der Waals surface area contributed by atoms with Crippen LogP contribution in [0.5, 0.6) is 0 Å². The number of hydrogen-bond acceptors (Lipinski definition) is 4. The average molecular weight is 522 g/mol. The van der Waals surface area contributed by atoms with Gasteiger partial charge in [-0.3, -0.25) is 13.9 Å². The second-order valence-electron chi connectivity index (χ2n) is 9.28. The van der Waals surface area contributed by atoms with Gasteiger partial charge < -0.3 is 10.2 Å². The molecule has 0 aliphatic carbocycles. The number of carbonyl (C=O) groups excluding carboxylic acids is 2. The first-order chi connectivity index (χ1) is 17.5. The first-order valence-electron chi connectivity index (χ1n) is 12.2. The van der Waals surface area contributed by atoms with Crippen molar-refractivity contribution in [2.24, 2.45) is 0 Å². The second kappa shape index (κ2) is 11.6. The van der Waals surface area contributed by atoms with Gasteiger partial charge in [-0.1, -0.05) is 54.1 Å². The van der Waals surface area contributed by atoms with Crippen LogP contribution in [0.4, 0.5) is 5.69 Å². The van der Waals surface area contributed by atoms with Crippen molar-refractivity contribution in [2.75, 3.05) is 17.9 Å². The minimum absolute atomic E-state index is 0.0941. The van der Waals surface area contributed by atoms with Gasteiger partial charge in [0, 0.05) is 13.6 Å². The number of nitrogens with zero attached hydrogens (tertiary/aromatic N) is 2. The molecule has 7 nitrogen and oxygen atoms in total. The molecular weight excluding hydrogens is 486 g/mol. The van der Waals surface area contributed by atoms with E-state index in [2.05, 4.69) is 5.32 Å². The van der Waals surface area contributed by atoms with E-state index in [9.17, 15) is 18.0 Å². The van der Waals surface area contributed by atoms with E-state index in [0.717, 1.165) is 32.1 Å². The number of sulfonamides is 1. The Bertz CT molecular complexity index is 1380. The molecule has 3 aromatic carbocycles. The maximum Gasteiger partial charge on any atom is 0.264 e. The molecule has 0 unspecified atom stereocenters. The van der Waals surface area contributed by atoms with Crippen LogP contribution in [0.1, 0.15) is 34.7 Å². The minimum atomic E-state index is -4.09. The standard InChI is InChI=1S/C29H35N3O4S/c1-20-14-16-26(17-15-20)37(35,36)32(27-13-9-11-21(2)23(27)4)19-28(33)31(24(5)29(34)30-6)18-25-12-8-7-10-22(25)3/h7-17,24H,18-19H2,1-6H3,(H,30,34)/t24-/m1/s1. The van der Waals surface area contributed by atoms with Crippen molar-refractivity contribution in [1.29, 1.82) is 0 Å². The van der Waals surface area contributed by atoms with Gasteiger partial charge in [-0.2, -0.15) is 0 Å². The van der Waals surface area contributed by atoms with Crippen molar-refractivity contribution in [2.45, 2.75) is 52.1 Å². The number of benzene rings is 3. The van der Waals surface area contributed by atoms with Gasteiger partial charge in [0.2, 0.25) is 11.8 Å². The van der Waals surface area contributed by atoms with Gasteiger partial charge in [0.05, 0.1) is 10.6 Å². The van der Waals surface area contributed by atoms with Gasteiger partial charge in [-0.05, 0) is 75.1 Å². The highest BCUT2D eigenvalue weighted by Gasteiger charge is 2.33. The zero-order chi connectivity index (χ0) is 27.3. The average Bonchev–Trinajstić information content (AvgIpc) is 2.87. The SMILES string of the molecule is CNC(=O)[C@@H](C)N(Cc1ccccc1C)C(=O)CN(c1cccc(C)c1C)S(=O)(=O)c1ccc(C)cc1. The summed E-state index contributed by atoms with van der Waals surface area (Å²) in [6, 6.07) is 18.7. The van der Waals surface area contributed by atoms with Crippen LogP contribution in [0.15, 0.2) is 71.6 Å². The first kappa shape index (κ1) is 27.9. The number of nitrogens with one attached hydrogen (secondary N) is 1. The van der Waals surface area contributed by atoms with Crippen LogP contribution in [0.2, 0.25) is 0 Å². The zero-order valence-electron chi connectivity index (χ0n) is 22.3. The molecule has 196 valence electrons. The van der Waals surface area contributed by atoms with E-state index in [4.69, 9.17) is 0 Å². The van der Waals surface area contributed by atoms with Crippen molar-refractivity contribution in [1.82, 2.24) is 10.2 Å². The van der Waals surface area contributed by atoms with Crippen LogP contribution in [-0.2, 0) is 26.2 Å². The van der Waals surface area contributed by atoms with E-state index >= 15 is 0 Å². The summed E-state index contributed by atoms with van der Waals surface area (Å²) in [4.78, 5) is 28.0. The number of hydrogen-bond donors (Lipinski definition) is 1. The summed E-state index contributed by atoms with van der Waals surface area (Å²) in [5.41, 5.74) is 4.88. The Kier molecular flexibility index (Phi) is 8.76. The summed E-state index contributed by atoms with van der Waals surface area (Å²) in [5, 5.41) is 2.60. The van der Waals surface area contributed by atoms with Crippen LogP contribution in [0.3, 0.4) is 0 Å². The second-order valence-corrected chi connectivity index (χ2v) is 11.1. The van der Waals surface area contributed by atoms with Crippen LogP contribution < -0.4 is 9.62 Å². The van der Waals surface area contributed by atoms with Crippen LogP contribution in [-0.4, -0.2) is 44.8 Å². The fourth-order valence-electron chi connectivity index (χ4n) is 4.12. The molecule has 3 rings (SSSR count). The van der Waals surface area contributed by atoms with Gasteiger partial charge in [0.1, 0.15) is 12.6 Å². The molecule has 37 heavy (non-hydrogen) atoms. The summed E-state index contributed by atoms with van der Waals surface area (Å²) in [7, 11) is -2.57. The number of rotatable bonds is 9. The topological polar surface area (TPSA) is 86.8 Å². The van der Waals surface area contributed by atoms with E-state index in [0.29, 0.717) is 5.69 Å². The normalized spacial score (nSPS) is 12.1. The number of likely N-dealkylation sites (N-methyl/N-ethyl adjacent to an activating group) is 1. The van der Waals surface area contributed by atoms with Gasteiger partial charge in [-0.15, -0.1) is 0 Å². The molecule has 0 aromatic heterocycles. The molecule has 0 saturated carbocycles. The summed E-state index contributed by atoms with van der Waals surface area (Å²) >= 11 is 0. The quantitative estimate of drug-likeness (QED) is 0.455. The van der Waals surface area contributed by atoms with Gasteiger partial charge in [-0.25, -0.2) is 8.42 Å². The lowest BCUT2D eigenvalue weighted by molar-refractivity contribution is -0.139. The van der Waals surface area contributed by atoms with E-state index in [1.807, 2.05) is 58.0 Å². The molecule has 0 saturated heterocycles. The van der Waals surface area contributed by atoms with Gasteiger partial charge in [0.15, 0.2) is 0 Å². The molecule has 2 amide bonds. The van der Waals surface area contributed by atoms with Gasteiger partial charge >= 0.3 is 0 Å². The number of carbonyl (C=O) groups is 2. The third-order valence-corrected chi connectivity index (χ3v) is 8.52. The van der Waals surface area contributed by atoms with Crippen molar-refractivity contribution in [3.63, 3.8) is 0 Å². The van der Waals surface area contributed by atoms with E-state index in [-0.39, 0.29) is 17.3 Å². The summed E-state index contributed by atoms with van der Waals surface area (Å²) in [5.74, 6) is -0.808. The lowest BCUT2D eigenvalue weighted by Gasteiger charge is -2.32. The van der Waals surface area contributed by atoms with Gasteiger partial charge in [0.25, 0.3) is 10.0 Å². The summed E-state index contributed by atoms with van der Waals surface area (Å²) < 4.78 is 29.0. The predicted molar refractivity (Wildman–Crippen MR) is 147 cm³/mol. The van der Waals surface area contributed by atoms with Crippen molar-refractivity contribution < 1.29 is 18.0 Å². The maximum atomic E-state index is 13.9. The third kappa shape index (κ3) is 6.20. The molecule has 3 aromatic rings. The zero-order valence-corrected chi connectivity index (χ0v) is 23.1. The minimum Gasteiger partial charge on any atom is -0.357 e. The largest absolute Gasteiger partial charge is 0.357 e. The van der Waals surface area contributed by atoms with Crippen molar-refractivity contribution in [3.8, 4) is 0 Å². The van der Waals surface area contributed by atoms with Crippen LogP contribution >= 0.6 is 0 Å². The molecule has 0 bridgehead atoms. The molecule has 1 N–H and O–H groups in total. The maximum absolute atomic E-state index is 13.9. The third-order valence-electron chi connectivity index (χ3n) is 6.75. The highest BCUT2D eigenvalue weighted by atomic mass is 32.2. The lowest BCUT2D eigenvalue weighted by atomic mass is 10.1. The molecule has 0 aliphatic heterocycles. The van der Waals surface area contributed by atoms with E-state index in [1.54, 1.807) is 43.3 Å². The number of amides is 2. The number of aryl methyl sites for hydroxylation is 3. The monoisotopic (exact) mass is 521 g/mol. The van der Waals surface area contributed by atoms with E-state index < -0.39 is 28.5 Å². The number of anilines is 1. The molecule has 0 heterocycles. The van der Waals surface area contributed by atoms with Crippen LogP contribution in [0.25, 0.3) is 0 Å². The molecule has 8 heteroatoms. The highest BCUT2D eigenvalue weighted by Crippen LogP contribution is 2.29.